The van der Waals surface area contributed by atoms with E-state index in [4.69, 9.17) is 5.73 Å². The van der Waals surface area contributed by atoms with Crippen LogP contribution in [0.3, 0.4) is 0 Å². The van der Waals surface area contributed by atoms with E-state index in [1.54, 1.807) is 0 Å². The zero-order valence-corrected chi connectivity index (χ0v) is 11.4. The van der Waals surface area contributed by atoms with Crippen LogP contribution >= 0.6 is 12.6 Å². The Balaban J connectivity index is -0.000000170. The van der Waals surface area contributed by atoms with Crippen molar-refractivity contribution in [3.05, 3.63) is 23.1 Å². The summed E-state index contributed by atoms with van der Waals surface area (Å²) in [6.45, 7) is 13.0. The van der Waals surface area contributed by atoms with Gasteiger partial charge in [0.1, 0.15) is 0 Å². The smallest absolute Gasteiger partial charge is 0.0109 e. The lowest BCUT2D eigenvalue weighted by molar-refractivity contribution is 0.737. The fourth-order valence-electron chi connectivity index (χ4n) is 0.286. The monoisotopic (exact) mass is 217 g/mol. The van der Waals surface area contributed by atoms with Crippen LogP contribution in [0.2, 0.25) is 0 Å². The Morgan fingerprint density at radius 2 is 1.64 bits per heavy atom. The first-order chi connectivity index (χ1) is 6.50. The van der Waals surface area contributed by atoms with Crippen LogP contribution in [0.5, 0.6) is 0 Å². The first kappa shape index (κ1) is 19.4. The molecular formula is C12H27NS. The van der Waals surface area contributed by atoms with Crippen molar-refractivity contribution in [1.29, 1.82) is 0 Å². The molecule has 14 heavy (non-hydrogen) atoms. The van der Waals surface area contributed by atoms with Gasteiger partial charge in [0.2, 0.25) is 0 Å². The third kappa shape index (κ3) is 59.8. The van der Waals surface area contributed by atoms with Gasteiger partial charge < -0.3 is 5.73 Å². The Morgan fingerprint density at radius 3 is 1.86 bits per heavy atom. The van der Waals surface area contributed by atoms with Crippen molar-refractivity contribution in [2.75, 3.05) is 6.54 Å². The molecule has 0 radical (unpaired) electrons. The van der Waals surface area contributed by atoms with Gasteiger partial charge in [-0.3, -0.25) is 0 Å². The normalized spacial score (nSPS) is 10.5. The Hall–Kier alpha value is -0.210. The van der Waals surface area contributed by atoms with Gasteiger partial charge in [-0.15, -0.1) is 12.6 Å². The number of allylic oxidation sites excluding steroid dienone is 3. The summed E-state index contributed by atoms with van der Waals surface area (Å²) in [4.78, 5) is 0.995. The highest BCUT2D eigenvalue weighted by Crippen LogP contribution is 1.95. The van der Waals surface area contributed by atoms with Gasteiger partial charge in [-0.2, -0.15) is 0 Å². The van der Waals surface area contributed by atoms with Gasteiger partial charge >= 0.3 is 0 Å². The molecule has 0 aromatic heterocycles. The van der Waals surface area contributed by atoms with E-state index < -0.39 is 0 Å². The summed E-state index contributed by atoms with van der Waals surface area (Å²) in [6, 6.07) is 0. The molecule has 2 heteroatoms. The number of thiol groups is 1. The quantitative estimate of drug-likeness (QED) is 0.530. The molecule has 0 aliphatic heterocycles. The van der Waals surface area contributed by atoms with Crippen LogP contribution in [0.15, 0.2) is 23.1 Å². The van der Waals surface area contributed by atoms with Gasteiger partial charge in [-0.1, -0.05) is 52.8 Å². The maximum atomic E-state index is 5.17. The third-order valence-corrected chi connectivity index (χ3v) is 0.759. The number of hydrogen-bond acceptors (Lipinski definition) is 2. The topological polar surface area (TPSA) is 26.0 Å². The lowest BCUT2D eigenvalue weighted by atomic mass is 10.3. The average Bonchev–Trinajstić information content (AvgIpc) is 2.07. The van der Waals surface area contributed by atoms with Crippen LogP contribution < -0.4 is 5.73 Å². The van der Waals surface area contributed by atoms with Crippen molar-refractivity contribution in [1.82, 2.24) is 0 Å². The fraction of sp³-hybridized carbons (Fsp3) is 0.667. The van der Waals surface area contributed by atoms with Crippen molar-refractivity contribution in [3.63, 3.8) is 0 Å². The molecule has 0 atom stereocenters. The molecule has 0 fully saturated rings. The number of rotatable bonds is 2. The molecular weight excluding hydrogens is 190 g/mol. The standard InChI is InChI=1S/C6H11NS.C4H10.C2H6/c1-6(8)4-2-3-5-7;1-4(2)3;1-2/h2-4,8H,5,7H2,1H3;4H,1-3H3;1-2H3/b3-2+,6-4-;;. The van der Waals surface area contributed by atoms with E-state index in [-0.39, 0.29) is 0 Å². The molecule has 0 aromatic rings. The molecule has 0 unspecified atom stereocenters. The molecule has 0 aliphatic carbocycles. The summed E-state index contributed by atoms with van der Waals surface area (Å²) >= 11 is 4.04. The van der Waals surface area contributed by atoms with E-state index >= 15 is 0 Å². The second kappa shape index (κ2) is 18.5. The van der Waals surface area contributed by atoms with E-state index in [9.17, 15) is 0 Å². The maximum Gasteiger partial charge on any atom is 0.0109 e. The Morgan fingerprint density at radius 1 is 1.29 bits per heavy atom. The highest BCUT2D eigenvalue weighted by molar-refractivity contribution is 7.84. The highest BCUT2D eigenvalue weighted by atomic mass is 32.1. The minimum Gasteiger partial charge on any atom is -0.327 e. The van der Waals surface area contributed by atoms with Crippen LogP contribution in [0, 0.1) is 5.92 Å². The molecule has 0 saturated carbocycles. The third-order valence-electron chi connectivity index (χ3n) is 0.610. The highest BCUT2D eigenvalue weighted by Gasteiger charge is 1.68. The second-order valence-corrected chi connectivity index (χ2v) is 3.91. The van der Waals surface area contributed by atoms with Gasteiger partial charge in [0, 0.05) is 6.54 Å². The molecule has 86 valence electrons. The van der Waals surface area contributed by atoms with Gasteiger partial charge in [-0.05, 0) is 17.7 Å². The van der Waals surface area contributed by atoms with E-state index in [1.165, 1.54) is 0 Å². The summed E-state index contributed by atoms with van der Waals surface area (Å²) in [6.07, 6.45) is 5.66. The van der Waals surface area contributed by atoms with Crippen LogP contribution in [-0.4, -0.2) is 6.54 Å². The average molecular weight is 217 g/mol. The lowest BCUT2D eigenvalue weighted by Gasteiger charge is -1.79. The first-order valence-corrected chi connectivity index (χ1v) is 5.67. The van der Waals surface area contributed by atoms with Crippen molar-refractivity contribution in [2.45, 2.75) is 41.5 Å². The van der Waals surface area contributed by atoms with Gasteiger partial charge in [0.05, 0.1) is 0 Å². The molecule has 2 N–H and O–H groups in total. The lowest BCUT2D eigenvalue weighted by Crippen LogP contribution is -1.91. The SMILES string of the molecule is C/C(S)=C/C=C/CN.CC.CC(C)C. The molecule has 0 aliphatic rings. The minimum atomic E-state index is 0.595. The molecule has 1 nitrogen and oxygen atoms in total. The molecule has 0 saturated heterocycles. The van der Waals surface area contributed by atoms with Gasteiger partial charge in [0.25, 0.3) is 0 Å². The van der Waals surface area contributed by atoms with Crippen LogP contribution in [-0.2, 0) is 0 Å². The predicted octanol–water partition coefficient (Wildman–Crippen LogP) is 4.02. The summed E-state index contributed by atoms with van der Waals surface area (Å²) < 4.78 is 0. The van der Waals surface area contributed by atoms with E-state index in [1.807, 2.05) is 39.0 Å². The van der Waals surface area contributed by atoms with Crippen LogP contribution in [0.4, 0.5) is 0 Å². The number of nitrogens with two attached hydrogens (primary N) is 1. The zero-order valence-electron chi connectivity index (χ0n) is 10.5. The molecule has 0 aromatic carbocycles. The minimum absolute atomic E-state index is 0.595. The van der Waals surface area contributed by atoms with E-state index in [0.717, 1.165) is 10.8 Å². The molecule has 0 spiro atoms. The van der Waals surface area contributed by atoms with Crippen LogP contribution in [0.25, 0.3) is 0 Å². The largest absolute Gasteiger partial charge is 0.327 e. The Bertz CT molecular complexity index is 131. The summed E-state index contributed by atoms with van der Waals surface area (Å²) in [7, 11) is 0. The molecule has 0 amide bonds. The predicted molar refractivity (Wildman–Crippen MR) is 72.8 cm³/mol. The maximum absolute atomic E-state index is 5.17. The van der Waals surface area contributed by atoms with Crippen molar-refractivity contribution >= 4 is 12.6 Å². The van der Waals surface area contributed by atoms with Crippen molar-refractivity contribution in [3.8, 4) is 0 Å². The van der Waals surface area contributed by atoms with E-state index in [0.29, 0.717) is 6.54 Å². The molecule has 0 bridgehead atoms. The molecule has 0 heterocycles. The summed E-state index contributed by atoms with van der Waals surface area (Å²) in [5.74, 6) is 0.833. The summed E-state index contributed by atoms with van der Waals surface area (Å²) in [5.41, 5.74) is 5.17. The van der Waals surface area contributed by atoms with Crippen molar-refractivity contribution < 1.29 is 0 Å². The van der Waals surface area contributed by atoms with Crippen molar-refractivity contribution in [2.24, 2.45) is 11.7 Å². The molecule has 0 rings (SSSR count). The van der Waals surface area contributed by atoms with Gasteiger partial charge in [-0.25, -0.2) is 0 Å². The summed E-state index contributed by atoms with van der Waals surface area (Å²) in [5, 5.41) is 0. The van der Waals surface area contributed by atoms with Gasteiger partial charge in [0.15, 0.2) is 0 Å². The number of hydrogen-bond donors (Lipinski definition) is 2. The second-order valence-electron chi connectivity index (χ2n) is 3.20. The fourth-order valence-corrected chi connectivity index (χ4v) is 0.372. The Kier molecular flexibility index (Phi) is 25.7. The van der Waals surface area contributed by atoms with Crippen LogP contribution in [0.1, 0.15) is 41.5 Å². The Labute approximate surface area is 95.9 Å². The zero-order chi connectivity index (χ0) is 12.0. The first-order valence-electron chi connectivity index (χ1n) is 5.23. The van der Waals surface area contributed by atoms with E-state index in [2.05, 4.69) is 33.4 Å².